The molecule has 0 aliphatic carbocycles. The Hall–Kier alpha value is -0.660. The van der Waals surface area contributed by atoms with Crippen LogP contribution in [0.3, 0.4) is 0 Å². The molecule has 1 unspecified atom stereocenters. The van der Waals surface area contributed by atoms with E-state index in [1.54, 1.807) is 0 Å². The van der Waals surface area contributed by atoms with Crippen LogP contribution in [0.2, 0.25) is 0 Å². The maximum Gasteiger partial charge on any atom is 0.255 e. The Morgan fingerprint density at radius 2 is 2.06 bits per heavy atom. The molecule has 1 amide bonds. The second kappa shape index (κ2) is 5.60. The number of hydrogen-bond donors (Lipinski definition) is 1. The van der Waals surface area contributed by atoms with Gasteiger partial charge in [-0.1, -0.05) is 0 Å². The van der Waals surface area contributed by atoms with Crippen LogP contribution >= 0.6 is 22.6 Å². The molecule has 1 aliphatic heterocycles. The smallest absolute Gasteiger partial charge is 0.255 e. The van der Waals surface area contributed by atoms with Crippen LogP contribution in [0.25, 0.3) is 0 Å². The summed E-state index contributed by atoms with van der Waals surface area (Å²) in [5.74, 6) is -0.152. The van der Waals surface area contributed by atoms with Gasteiger partial charge in [-0.05, 0) is 46.9 Å². The predicted molar refractivity (Wildman–Crippen MR) is 68.3 cm³/mol. The van der Waals surface area contributed by atoms with Crippen LogP contribution in [0.1, 0.15) is 0 Å². The van der Waals surface area contributed by atoms with Crippen LogP contribution in [0.15, 0.2) is 24.3 Å². The van der Waals surface area contributed by atoms with E-state index in [9.17, 15) is 4.79 Å². The van der Waals surface area contributed by atoms with E-state index in [1.807, 2.05) is 24.3 Å². The van der Waals surface area contributed by atoms with E-state index in [2.05, 4.69) is 27.9 Å². The van der Waals surface area contributed by atoms with E-state index in [1.165, 1.54) is 0 Å². The summed E-state index contributed by atoms with van der Waals surface area (Å²) in [5.41, 5.74) is 0.777. The Labute approximate surface area is 107 Å². The number of nitrogens with one attached hydrogen (secondary N) is 1. The van der Waals surface area contributed by atoms with Crippen molar-refractivity contribution < 1.29 is 14.3 Å². The van der Waals surface area contributed by atoms with E-state index in [-0.39, 0.29) is 5.91 Å². The minimum atomic E-state index is -0.493. The average molecular weight is 333 g/mol. The van der Waals surface area contributed by atoms with Gasteiger partial charge in [0.25, 0.3) is 5.91 Å². The maximum absolute atomic E-state index is 11.7. The summed E-state index contributed by atoms with van der Waals surface area (Å²) in [6, 6.07) is 7.61. The Kier molecular flexibility index (Phi) is 4.14. The third-order valence-corrected chi connectivity index (χ3v) is 2.94. The monoisotopic (exact) mass is 333 g/mol. The molecule has 0 radical (unpaired) electrons. The quantitative estimate of drug-likeness (QED) is 0.838. The molecule has 0 bridgehead atoms. The standard InChI is InChI=1S/C11H12INO3/c12-8-1-3-9(4-2-8)13-11(14)10-7-15-5-6-16-10/h1-4,10H,5-7H2,(H,13,14). The van der Waals surface area contributed by atoms with Gasteiger partial charge in [0, 0.05) is 9.26 Å². The van der Waals surface area contributed by atoms with E-state index < -0.39 is 6.10 Å². The number of halogens is 1. The first-order valence-electron chi connectivity index (χ1n) is 5.01. The van der Waals surface area contributed by atoms with Gasteiger partial charge >= 0.3 is 0 Å². The molecule has 1 atom stereocenters. The first kappa shape index (κ1) is 11.8. The van der Waals surface area contributed by atoms with Crippen LogP contribution in [-0.2, 0) is 14.3 Å². The molecule has 2 rings (SSSR count). The SMILES string of the molecule is O=C(Nc1ccc(I)cc1)C1COCCO1. The number of carbonyl (C=O) groups excluding carboxylic acids is 1. The fraction of sp³-hybridized carbons (Fsp3) is 0.364. The van der Waals surface area contributed by atoms with Gasteiger partial charge in [-0.25, -0.2) is 0 Å². The lowest BCUT2D eigenvalue weighted by Crippen LogP contribution is -2.39. The molecule has 0 spiro atoms. The highest BCUT2D eigenvalue weighted by Gasteiger charge is 2.22. The van der Waals surface area contributed by atoms with Gasteiger partial charge in [-0.2, -0.15) is 0 Å². The van der Waals surface area contributed by atoms with Crippen molar-refractivity contribution in [3.8, 4) is 0 Å². The van der Waals surface area contributed by atoms with Crippen molar-refractivity contribution in [1.82, 2.24) is 0 Å². The van der Waals surface area contributed by atoms with E-state index in [0.717, 1.165) is 9.26 Å². The number of hydrogen-bond acceptors (Lipinski definition) is 3. The Balaban J connectivity index is 1.93. The molecule has 1 fully saturated rings. The first-order valence-corrected chi connectivity index (χ1v) is 6.09. The zero-order valence-electron chi connectivity index (χ0n) is 8.61. The summed E-state index contributed by atoms with van der Waals surface area (Å²) in [4.78, 5) is 11.7. The van der Waals surface area contributed by atoms with Gasteiger partial charge in [-0.3, -0.25) is 4.79 Å². The summed E-state index contributed by atoms with van der Waals surface area (Å²) >= 11 is 2.22. The predicted octanol–water partition coefficient (Wildman–Crippen LogP) is 1.65. The van der Waals surface area contributed by atoms with Crippen molar-refractivity contribution in [1.29, 1.82) is 0 Å². The molecule has 1 aliphatic rings. The molecule has 4 nitrogen and oxygen atoms in total. The third-order valence-electron chi connectivity index (χ3n) is 2.22. The van der Waals surface area contributed by atoms with E-state index in [4.69, 9.17) is 9.47 Å². The van der Waals surface area contributed by atoms with Crippen molar-refractivity contribution in [2.75, 3.05) is 25.1 Å². The topological polar surface area (TPSA) is 47.6 Å². The fourth-order valence-corrected chi connectivity index (χ4v) is 1.75. The molecule has 1 N–H and O–H groups in total. The van der Waals surface area contributed by atoms with Crippen molar-refractivity contribution in [3.05, 3.63) is 27.8 Å². The van der Waals surface area contributed by atoms with E-state index >= 15 is 0 Å². The summed E-state index contributed by atoms with van der Waals surface area (Å²) in [6.45, 7) is 1.37. The second-order valence-corrected chi connectivity index (χ2v) is 4.68. The zero-order chi connectivity index (χ0) is 11.4. The molecule has 1 aromatic carbocycles. The van der Waals surface area contributed by atoms with Crippen LogP contribution in [-0.4, -0.2) is 31.8 Å². The highest BCUT2D eigenvalue weighted by atomic mass is 127. The second-order valence-electron chi connectivity index (χ2n) is 3.43. The number of rotatable bonds is 2. The van der Waals surface area contributed by atoms with Crippen LogP contribution in [0.5, 0.6) is 0 Å². The van der Waals surface area contributed by atoms with Gasteiger partial charge in [0.05, 0.1) is 19.8 Å². The molecular formula is C11H12INO3. The highest BCUT2D eigenvalue weighted by Crippen LogP contribution is 2.12. The maximum atomic E-state index is 11.7. The summed E-state index contributed by atoms with van der Waals surface area (Å²) in [7, 11) is 0. The molecule has 0 aromatic heterocycles. The summed E-state index contributed by atoms with van der Waals surface area (Å²) in [6.07, 6.45) is -0.493. The van der Waals surface area contributed by atoms with Crippen molar-refractivity contribution in [3.63, 3.8) is 0 Å². The molecule has 1 heterocycles. The fourth-order valence-electron chi connectivity index (χ4n) is 1.40. The van der Waals surface area contributed by atoms with Crippen LogP contribution < -0.4 is 5.32 Å². The van der Waals surface area contributed by atoms with Crippen LogP contribution in [0, 0.1) is 3.57 Å². The minimum absolute atomic E-state index is 0.152. The van der Waals surface area contributed by atoms with Gasteiger partial charge < -0.3 is 14.8 Å². The van der Waals surface area contributed by atoms with Crippen LogP contribution in [0.4, 0.5) is 5.69 Å². The van der Waals surface area contributed by atoms with Crippen molar-refractivity contribution in [2.45, 2.75) is 6.10 Å². The normalized spacial score (nSPS) is 20.4. The number of amides is 1. The Bertz CT molecular complexity index is 360. The molecule has 1 aromatic rings. The third kappa shape index (κ3) is 3.16. The van der Waals surface area contributed by atoms with Gasteiger partial charge in [0.2, 0.25) is 0 Å². The largest absolute Gasteiger partial charge is 0.376 e. The van der Waals surface area contributed by atoms with E-state index in [0.29, 0.717) is 19.8 Å². The number of benzene rings is 1. The van der Waals surface area contributed by atoms with Gasteiger partial charge in [-0.15, -0.1) is 0 Å². The van der Waals surface area contributed by atoms with Crippen molar-refractivity contribution >= 4 is 34.2 Å². The number of carbonyl (C=O) groups is 1. The lowest BCUT2D eigenvalue weighted by Gasteiger charge is -2.22. The average Bonchev–Trinajstić information content (AvgIpc) is 2.33. The zero-order valence-corrected chi connectivity index (χ0v) is 10.8. The van der Waals surface area contributed by atoms with Crippen molar-refractivity contribution in [2.24, 2.45) is 0 Å². The highest BCUT2D eigenvalue weighted by molar-refractivity contribution is 14.1. The summed E-state index contributed by atoms with van der Waals surface area (Å²) in [5, 5.41) is 2.79. The molecule has 1 saturated heterocycles. The number of anilines is 1. The molecule has 0 saturated carbocycles. The Morgan fingerprint density at radius 3 is 2.69 bits per heavy atom. The van der Waals surface area contributed by atoms with Gasteiger partial charge in [0.1, 0.15) is 0 Å². The summed E-state index contributed by atoms with van der Waals surface area (Å²) < 4.78 is 11.6. The number of ether oxygens (including phenoxy) is 2. The Morgan fingerprint density at radius 1 is 1.31 bits per heavy atom. The lowest BCUT2D eigenvalue weighted by molar-refractivity contribution is -0.142. The lowest BCUT2D eigenvalue weighted by atomic mass is 10.3. The molecule has 5 heteroatoms. The molecule has 16 heavy (non-hydrogen) atoms. The van der Waals surface area contributed by atoms with Gasteiger partial charge in [0.15, 0.2) is 6.10 Å². The molecular weight excluding hydrogens is 321 g/mol. The first-order chi connectivity index (χ1) is 7.75. The molecule has 86 valence electrons. The minimum Gasteiger partial charge on any atom is -0.376 e.